The topological polar surface area (TPSA) is 226 Å². The van der Waals surface area contributed by atoms with E-state index in [-0.39, 0.29) is 103 Å². The van der Waals surface area contributed by atoms with Gasteiger partial charge in [-0.25, -0.2) is 31.9 Å². The molecule has 8 aromatic rings. The highest BCUT2D eigenvalue weighted by atomic mass is 19.4. The number of alkyl halides is 4. The van der Waals surface area contributed by atoms with Crippen molar-refractivity contribution < 1.29 is 74.5 Å². The number of nitrogens with zero attached hydrogens (tertiary/aromatic N) is 8. The van der Waals surface area contributed by atoms with Crippen molar-refractivity contribution in [3.8, 4) is 82.5 Å². The highest BCUT2D eigenvalue weighted by Gasteiger charge is 2.45. The molecule has 89 heavy (non-hydrogen) atoms. The third-order valence-electron chi connectivity index (χ3n) is 15.7. The number of phenols is 2. The molecule has 2 atom stereocenters. The van der Waals surface area contributed by atoms with Crippen molar-refractivity contribution in [2.75, 3.05) is 83.9 Å². The Balaban J connectivity index is 0.000000182. The van der Waals surface area contributed by atoms with E-state index in [9.17, 15) is 41.7 Å². The van der Waals surface area contributed by atoms with Crippen LogP contribution in [0.5, 0.6) is 35.3 Å². The average molecular weight is 1240 g/mol. The van der Waals surface area contributed by atoms with Crippen molar-refractivity contribution in [3.63, 3.8) is 0 Å². The molecule has 26 heteroatoms. The number of aromatic nitrogens is 6. The lowest BCUT2D eigenvalue weighted by atomic mass is 9.95. The van der Waals surface area contributed by atoms with Gasteiger partial charge < -0.3 is 50.0 Å². The summed E-state index contributed by atoms with van der Waals surface area (Å²) in [5.74, 6) is -1.01. The van der Waals surface area contributed by atoms with Crippen molar-refractivity contribution in [1.29, 1.82) is 0 Å². The van der Waals surface area contributed by atoms with Crippen molar-refractivity contribution in [3.05, 3.63) is 82.9 Å². The fourth-order valence-corrected chi connectivity index (χ4v) is 12.0. The molecule has 4 fully saturated rings. The number of hydrogen-bond donors (Lipinski definition) is 6. The number of phenolic OH excluding ortho intramolecular Hbond substituents is 2. The first-order chi connectivity index (χ1) is 42.8. The van der Waals surface area contributed by atoms with Crippen molar-refractivity contribution >= 4 is 55.0 Å². The van der Waals surface area contributed by atoms with Crippen LogP contribution in [0.4, 0.5) is 46.8 Å². The minimum absolute atomic E-state index is 0.00552. The number of rotatable bonds is 15. The third-order valence-corrected chi connectivity index (χ3v) is 15.7. The van der Waals surface area contributed by atoms with Crippen molar-refractivity contribution in [2.24, 2.45) is 0 Å². The van der Waals surface area contributed by atoms with Gasteiger partial charge in [-0.15, -0.1) is 26.0 Å². The van der Waals surface area contributed by atoms with Gasteiger partial charge in [-0.1, -0.05) is 37.8 Å². The highest BCUT2D eigenvalue weighted by Crippen LogP contribution is 2.45. The Labute approximate surface area is 506 Å². The minimum atomic E-state index is -5.26. The Morgan fingerprint density at radius 2 is 1.21 bits per heavy atom. The summed E-state index contributed by atoms with van der Waals surface area (Å²) in [6.45, 7) is 7.95. The van der Waals surface area contributed by atoms with E-state index >= 15 is 8.78 Å². The van der Waals surface area contributed by atoms with E-state index in [4.69, 9.17) is 32.2 Å². The molecule has 4 aliphatic heterocycles. The zero-order chi connectivity index (χ0) is 63.9. The lowest BCUT2D eigenvalue weighted by molar-refractivity contribution is -0.275. The average Bonchev–Trinajstić information content (AvgIpc) is 1.58. The first-order valence-corrected chi connectivity index (χ1v) is 28.8. The molecule has 470 valence electrons. The summed E-state index contributed by atoms with van der Waals surface area (Å²) in [7, 11) is 2.53. The second-order valence-electron chi connectivity index (χ2n) is 21.1. The van der Waals surface area contributed by atoms with E-state index in [0.717, 1.165) is 71.0 Å². The number of hydrogen-bond acceptors (Lipinski definition) is 18. The summed E-state index contributed by atoms with van der Waals surface area (Å²) in [4.78, 5) is 29.6. The van der Waals surface area contributed by atoms with Crippen molar-refractivity contribution in [1.82, 2.24) is 39.7 Å². The molecule has 18 nitrogen and oxygen atoms in total. The Bertz CT molecular complexity index is 4000. The van der Waals surface area contributed by atoms with Gasteiger partial charge in [0.2, 0.25) is 11.8 Å². The number of halogens is 8. The van der Waals surface area contributed by atoms with E-state index in [0.29, 0.717) is 37.5 Å². The Morgan fingerprint density at radius 1 is 0.674 bits per heavy atom. The van der Waals surface area contributed by atoms with Gasteiger partial charge in [0.25, 0.3) is 0 Å². The summed E-state index contributed by atoms with van der Waals surface area (Å²) in [6.07, 6.45) is 13.3. The molecule has 1 unspecified atom stereocenters. The maximum atomic E-state index is 16.6. The molecule has 4 aliphatic rings. The molecule has 12 rings (SSSR count). The number of methoxy groups -OCH3 is 2. The fraction of sp³-hybridized carbons (Fsp3) is 0.397. The van der Waals surface area contributed by atoms with Crippen molar-refractivity contribution in [2.45, 2.75) is 89.3 Å². The second-order valence-corrected chi connectivity index (χ2v) is 21.1. The maximum Gasteiger partial charge on any atom is 0.574 e. The minimum Gasteiger partial charge on any atom is -0.508 e. The van der Waals surface area contributed by atoms with Gasteiger partial charge in [-0.3, -0.25) is 9.80 Å². The van der Waals surface area contributed by atoms with E-state index in [2.05, 4.69) is 66.9 Å². The van der Waals surface area contributed by atoms with E-state index in [1.807, 2.05) is 13.8 Å². The molecule has 0 bridgehead atoms. The fourth-order valence-electron chi connectivity index (χ4n) is 12.0. The van der Waals surface area contributed by atoms with Gasteiger partial charge in [0, 0.05) is 54.2 Å². The summed E-state index contributed by atoms with van der Waals surface area (Å²) in [5.41, 5.74) is -2.55. The van der Waals surface area contributed by atoms with Crippen LogP contribution in [0, 0.1) is 48.0 Å². The number of anilines is 2. The van der Waals surface area contributed by atoms with E-state index in [1.54, 1.807) is 0 Å². The van der Waals surface area contributed by atoms with Gasteiger partial charge in [0.15, 0.2) is 11.6 Å². The van der Waals surface area contributed by atoms with E-state index in [1.165, 1.54) is 56.3 Å². The molecule has 0 radical (unpaired) electrons. The molecular formula is C63H64F8N10O8. The molecule has 0 aliphatic carbocycles. The van der Waals surface area contributed by atoms with Crippen LogP contribution in [-0.4, -0.2) is 158 Å². The van der Waals surface area contributed by atoms with Crippen LogP contribution in [-0.2, 0) is 0 Å². The number of benzene rings is 4. The molecule has 0 saturated carbocycles. The van der Waals surface area contributed by atoms with Crippen LogP contribution in [0.15, 0.2) is 48.5 Å². The second kappa shape index (κ2) is 27.7. The number of ether oxygens (including phenoxy) is 4. The van der Waals surface area contributed by atoms with Crippen LogP contribution in [0.2, 0.25) is 0 Å². The first kappa shape index (κ1) is 64.6. The molecule has 0 amide bonds. The molecule has 4 aromatic heterocycles. The number of pyridine rings is 2. The van der Waals surface area contributed by atoms with Gasteiger partial charge >= 0.3 is 18.4 Å². The third kappa shape index (κ3) is 13.5. The summed E-state index contributed by atoms with van der Waals surface area (Å²) in [6, 6.07) is 9.99. The van der Waals surface area contributed by atoms with Crippen LogP contribution >= 0.6 is 0 Å². The van der Waals surface area contributed by atoms with Crippen LogP contribution < -0.4 is 29.6 Å². The summed E-state index contributed by atoms with van der Waals surface area (Å²) >= 11 is 0. The molecule has 4 aromatic carbocycles. The smallest absolute Gasteiger partial charge is 0.508 e. The number of nitrogens with one attached hydrogen (secondary N) is 2. The zero-order valence-electron chi connectivity index (χ0n) is 49.0. The van der Waals surface area contributed by atoms with Gasteiger partial charge in [0.05, 0.1) is 37.5 Å². The monoisotopic (exact) mass is 1240 g/mol. The number of terminal acetylenes is 2. The van der Waals surface area contributed by atoms with Gasteiger partial charge in [0.1, 0.15) is 80.7 Å². The number of aliphatic hydroxyl groups is 2. The number of aliphatic hydroxyl groups excluding tert-OH is 2. The molecule has 8 heterocycles. The Kier molecular flexibility index (Phi) is 20.1. The molecule has 0 spiro atoms. The lowest BCUT2D eigenvalue weighted by Gasteiger charge is -2.31. The Morgan fingerprint density at radius 3 is 1.73 bits per heavy atom. The predicted molar refractivity (Wildman–Crippen MR) is 319 cm³/mol. The first-order valence-electron chi connectivity index (χ1n) is 28.8. The quantitative estimate of drug-likeness (QED) is 0.0319. The standard InChI is InChI=1S/C31H31F2N5O4.C23H15F5N4O4.C7H12FN.C2H6/c1-3-20-22(32)8-7-18-15-19(40)16-21(23(18)20)26-25(33)27-24(29(35-26)41-2)28(34-11-6-14-39)37-30(36-27)42-17-31-9-4-12-38(31)13-5-10-31;1-3-12-14(24)5-4-10-8-11(34)9-13(15(10)12)18-17(25)19-16(21(30-18)36-23(26,27)28)20(29-6-7-33)32-22(31-19)35-2;8-6-4-7-2-1-3-9(7)5-6;1-2/h1,7-8,15-16,39-40H,4-6,9-14,17H2,2H3,(H,34,36,37);1,4-5,8-9,33-34H,6-7H2,2H3,(H,29,31,32);6-7H,1-5H2;1-2H3/t;;6-,7?;/m..1./s1. The molecule has 4 saturated heterocycles. The zero-order valence-corrected chi connectivity index (χ0v) is 49.0. The highest BCUT2D eigenvalue weighted by molar-refractivity contribution is 6.05. The Hall–Kier alpha value is -8.82. The summed E-state index contributed by atoms with van der Waals surface area (Å²) in [5, 5.41) is 45.1. The SMILES string of the molecule is C#Cc1c(F)ccc2cc(O)cc(-c3nc(OC(F)(F)F)c4c(NCCO)nc(OC)nc4c3F)c12.C#Cc1c(F)ccc2cc(O)cc(-c3nc(OC)c4c(NCCCO)nc(OCC56CCCN5CCC6)nc4c3F)c12.CC.F[C@@H]1CC2CCCN2C1. The lowest BCUT2D eigenvalue weighted by Crippen LogP contribution is -2.43. The van der Waals surface area contributed by atoms with Gasteiger partial charge in [-0.05, 0) is 118 Å². The van der Waals surface area contributed by atoms with Crippen LogP contribution in [0.3, 0.4) is 0 Å². The summed E-state index contributed by atoms with van der Waals surface area (Å²) < 4.78 is 135. The van der Waals surface area contributed by atoms with Gasteiger partial charge in [-0.2, -0.15) is 19.9 Å². The molecule has 6 N–H and O–H groups in total. The normalized spacial score (nSPS) is 16.7. The maximum absolute atomic E-state index is 16.6. The number of aromatic hydroxyl groups is 2. The predicted octanol–water partition coefficient (Wildman–Crippen LogP) is 11.0. The van der Waals surface area contributed by atoms with Crippen LogP contribution in [0.1, 0.15) is 76.3 Å². The molecular weight excluding hydrogens is 1180 g/mol. The van der Waals surface area contributed by atoms with Crippen LogP contribution in [0.25, 0.3) is 65.9 Å². The number of fused-ring (bicyclic) bond motifs is 6. The largest absolute Gasteiger partial charge is 0.574 e. The van der Waals surface area contributed by atoms with E-state index < -0.39 is 76.6 Å².